The highest BCUT2D eigenvalue weighted by molar-refractivity contribution is 7.92. The van der Waals surface area contributed by atoms with Crippen LogP contribution >= 0.6 is 11.6 Å². The Kier molecular flexibility index (Phi) is 9.76. The van der Waals surface area contributed by atoms with Crippen molar-refractivity contribution >= 4 is 39.1 Å². The number of hydrogen-bond donors (Lipinski definition) is 1. The first-order chi connectivity index (χ1) is 19.0. The molecule has 0 unspecified atom stereocenters. The second-order valence-corrected chi connectivity index (χ2v) is 12.7. The van der Waals surface area contributed by atoms with E-state index in [1.165, 1.54) is 36.1 Å². The van der Waals surface area contributed by atoms with Gasteiger partial charge in [0.05, 0.1) is 21.2 Å². The van der Waals surface area contributed by atoms with Crippen LogP contribution in [0.5, 0.6) is 0 Å². The van der Waals surface area contributed by atoms with Gasteiger partial charge in [0.1, 0.15) is 12.6 Å². The van der Waals surface area contributed by atoms with Crippen LogP contribution in [0.4, 0.5) is 18.9 Å². The lowest BCUT2D eigenvalue weighted by Crippen LogP contribution is -2.54. The first kappa shape index (κ1) is 32.0. The second kappa shape index (κ2) is 12.5. The van der Waals surface area contributed by atoms with Gasteiger partial charge in [-0.05, 0) is 63.6 Å². The molecule has 0 fully saturated rings. The zero-order chi connectivity index (χ0) is 30.6. The maximum absolute atomic E-state index is 13.9. The van der Waals surface area contributed by atoms with E-state index < -0.39 is 57.4 Å². The second-order valence-electron chi connectivity index (χ2n) is 10.4. The molecule has 7 nitrogen and oxygen atoms in total. The molecule has 0 radical (unpaired) electrons. The summed E-state index contributed by atoms with van der Waals surface area (Å²) in [5, 5.41) is 2.50. The Bertz CT molecular complexity index is 1480. The Hall–Kier alpha value is -3.57. The van der Waals surface area contributed by atoms with Crippen LogP contribution in [0.2, 0.25) is 5.02 Å². The average molecular weight is 610 g/mol. The minimum absolute atomic E-state index is 0.0616. The van der Waals surface area contributed by atoms with Crippen LogP contribution in [0.1, 0.15) is 38.8 Å². The fraction of sp³-hybridized carbons (Fsp3) is 0.310. The average Bonchev–Trinajstić information content (AvgIpc) is 2.89. The lowest BCUT2D eigenvalue weighted by Gasteiger charge is -2.33. The molecule has 0 aromatic heterocycles. The van der Waals surface area contributed by atoms with E-state index >= 15 is 0 Å². The summed E-state index contributed by atoms with van der Waals surface area (Å²) in [6, 6.07) is 16.9. The number of amides is 2. The van der Waals surface area contributed by atoms with E-state index in [2.05, 4.69) is 5.32 Å². The van der Waals surface area contributed by atoms with Crippen molar-refractivity contribution in [1.29, 1.82) is 0 Å². The Balaban J connectivity index is 2.12. The third-order valence-electron chi connectivity index (χ3n) is 6.01. The van der Waals surface area contributed by atoms with Crippen LogP contribution in [0.15, 0.2) is 83.8 Å². The Morgan fingerprint density at radius 2 is 1.49 bits per heavy atom. The molecule has 0 bridgehead atoms. The van der Waals surface area contributed by atoms with Crippen molar-refractivity contribution in [3.8, 4) is 0 Å². The van der Waals surface area contributed by atoms with Gasteiger partial charge < -0.3 is 10.2 Å². The summed E-state index contributed by atoms with van der Waals surface area (Å²) >= 11 is 6.25. The first-order valence-electron chi connectivity index (χ1n) is 12.6. The van der Waals surface area contributed by atoms with E-state index in [-0.39, 0.29) is 16.5 Å². The molecule has 2 amide bonds. The summed E-state index contributed by atoms with van der Waals surface area (Å²) in [4.78, 5) is 27.9. The zero-order valence-electron chi connectivity index (χ0n) is 22.9. The molecular weight excluding hydrogens is 579 g/mol. The number of benzene rings is 3. The van der Waals surface area contributed by atoms with Gasteiger partial charge in [0.25, 0.3) is 10.0 Å². The van der Waals surface area contributed by atoms with E-state index in [1.807, 2.05) is 0 Å². The highest BCUT2D eigenvalue weighted by atomic mass is 35.5. The number of anilines is 1. The molecule has 0 spiro atoms. The van der Waals surface area contributed by atoms with Gasteiger partial charge in [-0.2, -0.15) is 13.2 Å². The number of halogens is 4. The number of nitrogens with zero attached hydrogens (tertiary/aromatic N) is 2. The Morgan fingerprint density at radius 3 is 2.02 bits per heavy atom. The minimum Gasteiger partial charge on any atom is -0.350 e. The van der Waals surface area contributed by atoms with Crippen LogP contribution in [0, 0.1) is 0 Å². The fourth-order valence-electron chi connectivity index (χ4n) is 3.95. The molecule has 0 aliphatic carbocycles. The number of hydrogen-bond acceptors (Lipinski definition) is 4. The topological polar surface area (TPSA) is 86.8 Å². The van der Waals surface area contributed by atoms with Crippen molar-refractivity contribution in [1.82, 2.24) is 10.2 Å². The molecule has 3 aromatic rings. The van der Waals surface area contributed by atoms with Crippen molar-refractivity contribution in [2.75, 3.05) is 10.8 Å². The van der Waals surface area contributed by atoms with Crippen molar-refractivity contribution in [2.24, 2.45) is 0 Å². The van der Waals surface area contributed by atoms with Gasteiger partial charge in [-0.15, -0.1) is 0 Å². The number of alkyl halides is 3. The number of rotatable bonds is 9. The monoisotopic (exact) mass is 609 g/mol. The molecule has 12 heteroatoms. The summed E-state index contributed by atoms with van der Waals surface area (Å²) < 4.78 is 69.0. The molecule has 41 heavy (non-hydrogen) atoms. The quantitative estimate of drug-likeness (QED) is 0.328. The molecule has 0 aliphatic heterocycles. The maximum atomic E-state index is 13.9. The van der Waals surface area contributed by atoms with Crippen LogP contribution in [0.25, 0.3) is 0 Å². The van der Waals surface area contributed by atoms with Crippen LogP contribution in [-0.4, -0.2) is 43.3 Å². The smallest absolute Gasteiger partial charge is 0.350 e. The predicted octanol–water partition coefficient (Wildman–Crippen LogP) is 5.89. The third-order valence-corrected chi connectivity index (χ3v) is 8.11. The predicted molar refractivity (Wildman–Crippen MR) is 152 cm³/mol. The van der Waals surface area contributed by atoms with Gasteiger partial charge in [-0.1, -0.05) is 60.1 Å². The SMILES string of the molecule is C[C@@H](C(=O)NC(C)(C)C)N(Cc1ccccc1)C(=O)CN(c1cc(C(F)(F)F)ccc1Cl)S(=O)(=O)c1ccccc1. The van der Waals surface area contributed by atoms with Gasteiger partial charge in [-0.25, -0.2) is 8.42 Å². The van der Waals surface area contributed by atoms with E-state index in [0.29, 0.717) is 15.9 Å². The van der Waals surface area contributed by atoms with Gasteiger partial charge in [0.15, 0.2) is 0 Å². The van der Waals surface area contributed by atoms with Crippen LogP contribution in [-0.2, 0) is 32.3 Å². The van der Waals surface area contributed by atoms with Gasteiger partial charge in [-0.3, -0.25) is 13.9 Å². The van der Waals surface area contributed by atoms with Crippen molar-refractivity contribution < 1.29 is 31.2 Å². The van der Waals surface area contributed by atoms with Crippen LogP contribution < -0.4 is 9.62 Å². The Labute approximate surface area is 243 Å². The standard InChI is InChI=1S/C29H31ClF3N3O4S/c1-20(27(38)34-28(2,3)4)35(18-21-11-7-5-8-12-21)26(37)19-36(41(39,40)23-13-9-6-10-14-23)25-17-22(29(31,32)33)15-16-24(25)30/h5-17,20H,18-19H2,1-4H3,(H,34,38)/t20-/m0/s1. The molecule has 3 rings (SSSR count). The molecule has 0 saturated carbocycles. The fourth-order valence-corrected chi connectivity index (χ4v) is 5.67. The van der Waals surface area contributed by atoms with E-state index in [0.717, 1.165) is 12.1 Å². The number of nitrogens with one attached hydrogen (secondary N) is 1. The zero-order valence-corrected chi connectivity index (χ0v) is 24.5. The van der Waals surface area contributed by atoms with Crippen molar-refractivity contribution in [3.05, 3.63) is 95.0 Å². The Morgan fingerprint density at radius 1 is 0.927 bits per heavy atom. The third kappa shape index (κ3) is 8.23. The summed E-state index contributed by atoms with van der Waals surface area (Å²) in [5.41, 5.74) is -1.63. The highest BCUT2D eigenvalue weighted by Crippen LogP contribution is 2.37. The molecule has 1 atom stereocenters. The normalized spacial score (nSPS) is 12.9. The molecule has 0 saturated heterocycles. The number of sulfonamides is 1. The van der Waals surface area contributed by atoms with E-state index in [1.54, 1.807) is 57.2 Å². The molecule has 0 aliphatic rings. The van der Waals surface area contributed by atoms with Gasteiger partial charge in [0, 0.05) is 12.1 Å². The van der Waals surface area contributed by atoms with Crippen molar-refractivity contribution in [3.63, 3.8) is 0 Å². The molecule has 220 valence electrons. The van der Waals surface area contributed by atoms with Crippen LogP contribution in [0.3, 0.4) is 0 Å². The molecule has 3 aromatic carbocycles. The van der Waals surface area contributed by atoms with Gasteiger partial charge in [0.2, 0.25) is 11.8 Å². The summed E-state index contributed by atoms with van der Waals surface area (Å²) in [7, 11) is -4.58. The molecular formula is C29H31ClF3N3O4S. The molecule has 0 heterocycles. The lowest BCUT2D eigenvalue weighted by atomic mass is 10.1. The number of carbonyl (C=O) groups is 2. The summed E-state index contributed by atoms with van der Waals surface area (Å²) in [6.07, 6.45) is -4.80. The lowest BCUT2D eigenvalue weighted by molar-refractivity contribution is -0.140. The van der Waals surface area contributed by atoms with Crippen molar-refractivity contribution in [2.45, 2.75) is 56.9 Å². The summed E-state index contributed by atoms with van der Waals surface area (Å²) in [5.74, 6) is -1.31. The first-order valence-corrected chi connectivity index (χ1v) is 14.4. The highest BCUT2D eigenvalue weighted by Gasteiger charge is 2.36. The largest absolute Gasteiger partial charge is 0.416 e. The maximum Gasteiger partial charge on any atom is 0.416 e. The van der Waals surface area contributed by atoms with E-state index in [4.69, 9.17) is 11.6 Å². The number of carbonyl (C=O) groups excluding carboxylic acids is 2. The van der Waals surface area contributed by atoms with Gasteiger partial charge >= 0.3 is 6.18 Å². The molecule has 1 N–H and O–H groups in total. The minimum atomic E-state index is -4.80. The summed E-state index contributed by atoms with van der Waals surface area (Å²) in [6.45, 7) is 5.82. The van der Waals surface area contributed by atoms with E-state index in [9.17, 15) is 31.2 Å².